The van der Waals surface area contributed by atoms with Gasteiger partial charge in [0.25, 0.3) is 5.91 Å². The van der Waals surface area contributed by atoms with Gasteiger partial charge in [0, 0.05) is 45.7 Å². The summed E-state index contributed by atoms with van der Waals surface area (Å²) < 4.78 is 43.4. The molecule has 0 unspecified atom stereocenters. The van der Waals surface area contributed by atoms with E-state index in [0.717, 1.165) is 28.8 Å². The van der Waals surface area contributed by atoms with Gasteiger partial charge in [-0.3, -0.25) is 4.79 Å². The Bertz CT molecular complexity index is 1470. The summed E-state index contributed by atoms with van der Waals surface area (Å²) in [5, 5.41) is 3.91. The molecule has 5 nitrogen and oxygen atoms in total. The zero-order chi connectivity index (χ0) is 25.2. The predicted molar refractivity (Wildman–Crippen MR) is 131 cm³/mol. The Hall–Kier alpha value is -3.87. The molecule has 0 saturated heterocycles. The van der Waals surface area contributed by atoms with E-state index in [9.17, 15) is 18.0 Å². The molecule has 2 aromatic carbocycles. The zero-order valence-electron chi connectivity index (χ0n) is 18.1. The molecule has 0 radical (unpaired) electrons. The average Bonchev–Trinajstić information content (AvgIpc) is 3.35. The lowest BCUT2D eigenvalue weighted by atomic mass is 10.0. The van der Waals surface area contributed by atoms with Crippen molar-refractivity contribution in [2.75, 3.05) is 11.1 Å². The molecular weight excluding hydrogens is 497 g/mol. The molecular formula is C25H16ClF3N4OS. The van der Waals surface area contributed by atoms with Crippen molar-refractivity contribution in [3.8, 4) is 23.0 Å². The third-order valence-electron chi connectivity index (χ3n) is 5.05. The van der Waals surface area contributed by atoms with Crippen molar-refractivity contribution in [2.24, 2.45) is 0 Å². The largest absolute Gasteiger partial charge is 0.417 e. The van der Waals surface area contributed by atoms with Crippen LogP contribution in [0, 0.1) is 18.8 Å². The lowest BCUT2D eigenvalue weighted by Gasteiger charge is -2.12. The third-order valence-corrected chi connectivity index (χ3v) is 5.96. The van der Waals surface area contributed by atoms with Crippen LogP contribution >= 0.6 is 23.1 Å². The van der Waals surface area contributed by atoms with Crippen molar-refractivity contribution < 1.29 is 18.0 Å². The van der Waals surface area contributed by atoms with E-state index in [1.165, 1.54) is 17.6 Å². The van der Waals surface area contributed by atoms with Gasteiger partial charge in [0.1, 0.15) is 5.82 Å². The topological polar surface area (TPSA) is 80.9 Å². The highest BCUT2D eigenvalue weighted by Gasteiger charge is 2.33. The van der Waals surface area contributed by atoms with Crippen molar-refractivity contribution in [1.29, 1.82) is 0 Å². The zero-order valence-corrected chi connectivity index (χ0v) is 19.6. The summed E-state index contributed by atoms with van der Waals surface area (Å²) in [6, 6.07) is 9.83. The highest BCUT2D eigenvalue weighted by molar-refractivity contribution is 7.03. The van der Waals surface area contributed by atoms with E-state index in [1.54, 1.807) is 30.6 Å². The summed E-state index contributed by atoms with van der Waals surface area (Å²) in [7, 11) is 0. The minimum atomic E-state index is -4.64. The van der Waals surface area contributed by atoms with Crippen LogP contribution in [0.4, 0.5) is 24.7 Å². The van der Waals surface area contributed by atoms with Gasteiger partial charge < -0.3 is 11.1 Å². The molecule has 0 bridgehead atoms. The Labute approximate surface area is 207 Å². The Morgan fingerprint density at radius 2 is 1.83 bits per heavy atom. The fraction of sp³-hybridized carbons (Fsp3) is 0.0800. The van der Waals surface area contributed by atoms with Crippen LogP contribution < -0.4 is 11.1 Å². The molecule has 0 aliphatic rings. The van der Waals surface area contributed by atoms with Gasteiger partial charge in [0.15, 0.2) is 0 Å². The molecule has 4 aromatic rings. The number of benzene rings is 2. The quantitative estimate of drug-likeness (QED) is 0.310. The average molecular weight is 513 g/mol. The third kappa shape index (κ3) is 5.62. The number of amides is 1. The Balaban J connectivity index is 1.60. The molecule has 35 heavy (non-hydrogen) atoms. The number of rotatable bonds is 3. The van der Waals surface area contributed by atoms with E-state index in [2.05, 4.69) is 26.5 Å². The first-order chi connectivity index (χ1) is 16.6. The minimum Gasteiger partial charge on any atom is -0.383 e. The number of carbonyl (C=O) groups is 1. The van der Waals surface area contributed by atoms with Crippen LogP contribution in [0.1, 0.15) is 32.6 Å². The van der Waals surface area contributed by atoms with Gasteiger partial charge in [-0.1, -0.05) is 29.5 Å². The standard InChI is InChI=1S/C25H16ClF3N4OS/c1-14-2-3-17(24(34)33-20-6-7-22(26)21(10-20)25(27,28)29)8-15(14)4-5-16-9-18(11-31-23(16)30)19-12-32-35-13-19/h2-3,6-13H,1H3,(H2,30,31)(H,33,34). The SMILES string of the molecule is Cc1ccc(C(=O)Nc2ccc(Cl)c(C(F)(F)F)c2)cc1C#Cc1cc(-c2cnsc2)cnc1N. The van der Waals surface area contributed by atoms with Crippen molar-refractivity contribution in [3.05, 3.63) is 93.1 Å². The van der Waals surface area contributed by atoms with Crippen molar-refractivity contribution in [1.82, 2.24) is 9.36 Å². The van der Waals surface area contributed by atoms with Crippen LogP contribution in [-0.2, 0) is 6.18 Å². The fourth-order valence-electron chi connectivity index (χ4n) is 3.14. The number of anilines is 2. The van der Waals surface area contributed by atoms with Gasteiger partial charge in [-0.15, -0.1) is 0 Å². The maximum atomic E-state index is 13.1. The van der Waals surface area contributed by atoms with Gasteiger partial charge in [0.05, 0.1) is 16.1 Å². The molecule has 10 heteroatoms. The monoisotopic (exact) mass is 512 g/mol. The van der Waals surface area contributed by atoms with Crippen LogP contribution in [0.15, 0.2) is 60.2 Å². The normalized spacial score (nSPS) is 11.0. The summed E-state index contributed by atoms with van der Waals surface area (Å²) >= 11 is 6.96. The summed E-state index contributed by atoms with van der Waals surface area (Å²) in [6.45, 7) is 1.83. The first kappa shape index (κ1) is 24.3. The number of carbonyl (C=O) groups excluding carboxylic acids is 1. The summed E-state index contributed by atoms with van der Waals surface area (Å²) in [4.78, 5) is 16.9. The first-order valence-corrected chi connectivity index (χ1v) is 11.3. The summed E-state index contributed by atoms with van der Waals surface area (Å²) in [5.74, 6) is 5.68. The molecule has 0 atom stereocenters. The number of aromatic nitrogens is 2. The van der Waals surface area contributed by atoms with E-state index < -0.39 is 22.7 Å². The molecule has 3 N–H and O–H groups in total. The van der Waals surface area contributed by atoms with Gasteiger partial charge in [0.2, 0.25) is 0 Å². The van der Waals surface area contributed by atoms with Gasteiger partial charge in [-0.25, -0.2) is 9.36 Å². The van der Waals surface area contributed by atoms with Gasteiger partial charge in [-0.2, -0.15) is 13.2 Å². The van der Waals surface area contributed by atoms with E-state index in [0.29, 0.717) is 11.1 Å². The highest BCUT2D eigenvalue weighted by atomic mass is 35.5. The summed E-state index contributed by atoms with van der Waals surface area (Å²) in [5.41, 5.74) is 8.76. The maximum absolute atomic E-state index is 13.1. The molecule has 2 heterocycles. The molecule has 4 rings (SSSR count). The fourth-order valence-corrected chi connectivity index (χ4v) is 3.91. The molecule has 0 fully saturated rings. The van der Waals surface area contributed by atoms with Crippen LogP contribution in [0.5, 0.6) is 0 Å². The second-order valence-corrected chi connectivity index (χ2v) is 8.56. The van der Waals surface area contributed by atoms with Crippen LogP contribution in [0.3, 0.4) is 0 Å². The van der Waals surface area contributed by atoms with E-state index in [-0.39, 0.29) is 17.1 Å². The predicted octanol–water partition coefficient (Wildman–Crippen LogP) is 6.42. The van der Waals surface area contributed by atoms with Gasteiger partial charge in [-0.05, 0) is 60.4 Å². The van der Waals surface area contributed by atoms with Crippen LogP contribution in [0.25, 0.3) is 11.1 Å². The second-order valence-electron chi connectivity index (χ2n) is 7.50. The van der Waals surface area contributed by atoms with Crippen LogP contribution in [-0.4, -0.2) is 15.3 Å². The van der Waals surface area contributed by atoms with Crippen LogP contribution in [0.2, 0.25) is 5.02 Å². The molecule has 0 saturated carbocycles. The van der Waals surface area contributed by atoms with E-state index in [1.807, 2.05) is 18.4 Å². The Morgan fingerprint density at radius 3 is 2.54 bits per heavy atom. The highest BCUT2D eigenvalue weighted by Crippen LogP contribution is 2.36. The molecule has 0 aliphatic carbocycles. The number of nitrogen functional groups attached to an aromatic ring is 1. The number of hydrogen-bond donors (Lipinski definition) is 2. The molecule has 0 aliphatic heterocycles. The second kappa shape index (κ2) is 9.78. The molecule has 176 valence electrons. The number of hydrogen-bond acceptors (Lipinski definition) is 5. The molecule has 2 aromatic heterocycles. The number of aryl methyl sites for hydroxylation is 1. The minimum absolute atomic E-state index is 0.0292. The van der Waals surface area contributed by atoms with Crippen molar-refractivity contribution in [2.45, 2.75) is 13.1 Å². The molecule has 1 amide bonds. The Kier molecular flexibility index (Phi) is 6.78. The number of nitrogens with zero attached hydrogens (tertiary/aromatic N) is 2. The molecule has 0 spiro atoms. The summed E-state index contributed by atoms with van der Waals surface area (Å²) in [6.07, 6.45) is -1.28. The van der Waals surface area contributed by atoms with E-state index >= 15 is 0 Å². The lowest BCUT2D eigenvalue weighted by molar-refractivity contribution is -0.137. The van der Waals surface area contributed by atoms with E-state index in [4.69, 9.17) is 17.3 Å². The Morgan fingerprint density at radius 1 is 1.06 bits per heavy atom. The number of halogens is 4. The number of pyridine rings is 1. The van der Waals surface area contributed by atoms with Crippen molar-refractivity contribution >= 4 is 40.5 Å². The van der Waals surface area contributed by atoms with Gasteiger partial charge >= 0.3 is 6.18 Å². The lowest BCUT2D eigenvalue weighted by Crippen LogP contribution is -2.14. The maximum Gasteiger partial charge on any atom is 0.417 e. The smallest absolute Gasteiger partial charge is 0.383 e. The van der Waals surface area contributed by atoms with Crippen molar-refractivity contribution in [3.63, 3.8) is 0 Å². The first-order valence-electron chi connectivity index (χ1n) is 10.1. The number of nitrogens with two attached hydrogens (primary N) is 1. The number of nitrogens with one attached hydrogen (secondary N) is 1. The number of alkyl halides is 3.